The van der Waals surface area contributed by atoms with Crippen molar-refractivity contribution in [3.63, 3.8) is 0 Å². The highest BCUT2D eigenvalue weighted by Gasteiger charge is 2.48. The molecule has 4 heteroatoms. The Bertz CT molecular complexity index is 742. The zero-order chi connectivity index (χ0) is 18.6. The molecule has 3 heterocycles. The fourth-order valence-electron chi connectivity index (χ4n) is 5.07. The lowest BCUT2D eigenvalue weighted by molar-refractivity contribution is -0.104. The van der Waals surface area contributed by atoms with Crippen molar-refractivity contribution in [3.05, 3.63) is 59.7 Å². The molecular weight excluding hydrogens is 334 g/mol. The molecule has 1 spiro atoms. The van der Waals surface area contributed by atoms with Crippen LogP contribution in [0.15, 0.2) is 42.9 Å². The van der Waals surface area contributed by atoms with E-state index in [4.69, 9.17) is 9.72 Å². The van der Waals surface area contributed by atoms with Gasteiger partial charge in [-0.15, -0.1) is 0 Å². The number of rotatable bonds is 6. The average Bonchev–Trinajstić information content (AvgIpc) is 3.13. The number of ether oxygens (including phenoxy) is 1. The SMILES string of the molecule is Cc1cncc(CNCC[C@@]2(c3ccccn3)CCOC3(CCCC3)C2)c1. The maximum absolute atomic E-state index is 6.34. The van der Waals surface area contributed by atoms with E-state index in [9.17, 15) is 0 Å². The maximum Gasteiger partial charge on any atom is 0.0691 e. The minimum Gasteiger partial charge on any atom is -0.375 e. The largest absolute Gasteiger partial charge is 0.375 e. The lowest BCUT2D eigenvalue weighted by Gasteiger charge is -2.46. The van der Waals surface area contributed by atoms with Gasteiger partial charge in [0.15, 0.2) is 0 Å². The van der Waals surface area contributed by atoms with E-state index in [-0.39, 0.29) is 11.0 Å². The van der Waals surface area contributed by atoms with Crippen LogP contribution in [0.3, 0.4) is 0 Å². The number of aromatic nitrogens is 2. The highest BCUT2D eigenvalue weighted by molar-refractivity contribution is 5.21. The summed E-state index contributed by atoms with van der Waals surface area (Å²) in [7, 11) is 0. The number of nitrogens with one attached hydrogen (secondary N) is 1. The van der Waals surface area contributed by atoms with E-state index in [0.29, 0.717) is 0 Å². The van der Waals surface area contributed by atoms with Crippen LogP contribution in [-0.2, 0) is 16.7 Å². The van der Waals surface area contributed by atoms with Crippen LogP contribution < -0.4 is 5.32 Å². The molecule has 0 aromatic carbocycles. The summed E-state index contributed by atoms with van der Waals surface area (Å²) in [4.78, 5) is 9.08. The Morgan fingerprint density at radius 2 is 2.04 bits per heavy atom. The summed E-state index contributed by atoms with van der Waals surface area (Å²) >= 11 is 0. The first-order chi connectivity index (χ1) is 13.2. The second kappa shape index (κ2) is 8.07. The molecule has 1 atom stereocenters. The highest BCUT2D eigenvalue weighted by atomic mass is 16.5. The fraction of sp³-hybridized carbons (Fsp3) is 0.565. The lowest BCUT2D eigenvalue weighted by atomic mass is 9.68. The van der Waals surface area contributed by atoms with Gasteiger partial charge < -0.3 is 10.1 Å². The van der Waals surface area contributed by atoms with E-state index in [0.717, 1.165) is 39.0 Å². The van der Waals surface area contributed by atoms with Gasteiger partial charge in [-0.1, -0.05) is 25.0 Å². The summed E-state index contributed by atoms with van der Waals surface area (Å²) in [6.45, 7) is 4.81. The van der Waals surface area contributed by atoms with Crippen LogP contribution in [0, 0.1) is 6.92 Å². The number of pyridine rings is 2. The molecule has 0 amide bonds. The third-order valence-corrected chi connectivity index (χ3v) is 6.41. The second-order valence-corrected chi connectivity index (χ2v) is 8.46. The first-order valence-electron chi connectivity index (χ1n) is 10.4. The van der Waals surface area contributed by atoms with Crippen LogP contribution in [0.2, 0.25) is 0 Å². The summed E-state index contributed by atoms with van der Waals surface area (Å²) in [6, 6.07) is 8.58. The van der Waals surface area contributed by atoms with Gasteiger partial charge in [0.1, 0.15) is 0 Å². The molecule has 0 unspecified atom stereocenters. The van der Waals surface area contributed by atoms with E-state index in [1.807, 2.05) is 24.7 Å². The first-order valence-corrected chi connectivity index (χ1v) is 10.4. The van der Waals surface area contributed by atoms with Crippen molar-refractivity contribution in [2.75, 3.05) is 13.2 Å². The molecule has 0 radical (unpaired) electrons. The Labute approximate surface area is 162 Å². The molecule has 1 saturated heterocycles. The molecular formula is C23H31N3O. The third kappa shape index (κ3) is 4.22. The van der Waals surface area contributed by atoms with E-state index in [2.05, 4.69) is 35.4 Å². The Balaban J connectivity index is 1.45. The molecule has 2 aliphatic rings. The van der Waals surface area contributed by atoms with Gasteiger partial charge in [-0.3, -0.25) is 9.97 Å². The zero-order valence-electron chi connectivity index (χ0n) is 16.4. The summed E-state index contributed by atoms with van der Waals surface area (Å²) in [5.41, 5.74) is 3.93. The summed E-state index contributed by atoms with van der Waals surface area (Å²) in [5.74, 6) is 0. The molecule has 0 bridgehead atoms. The molecule has 4 nitrogen and oxygen atoms in total. The molecule has 2 aromatic heterocycles. The van der Waals surface area contributed by atoms with Crippen molar-refractivity contribution in [1.29, 1.82) is 0 Å². The highest BCUT2D eigenvalue weighted by Crippen LogP contribution is 2.49. The minimum atomic E-state index is 0.0935. The molecule has 4 rings (SSSR count). The first kappa shape index (κ1) is 18.6. The summed E-state index contributed by atoms with van der Waals surface area (Å²) in [5, 5.41) is 3.64. The quantitative estimate of drug-likeness (QED) is 0.774. The maximum atomic E-state index is 6.34. The van der Waals surface area contributed by atoms with Crippen LogP contribution in [0.5, 0.6) is 0 Å². The number of hydrogen-bond acceptors (Lipinski definition) is 4. The molecule has 2 aromatic rings. The lowest BCUT2D eigenvalue weighted by Crippen LogP contribution is -2.47. The molecule has 1 saturated carbocycles. The summed E-state index contributed by atoms with van der Waals surface area (Å²) in [6.07, 6.45) is 14.1. The monoisotopic (exact) mass is 365 g/mol. The Morgan fingerprint density at radius 1 is 1.15 bits per heavy atom. The minimum absolute atomic E-state index is 0.0935. The van der Waals surface area contributed by atoms with Crippen LogP contribution in [0.4, 0.5) is 0 Å². The van der Waals surface area contributed by atoms with Gasteiger partial charge in [0, 0.05) is 42.9 Å². The Kier molecular flexibility index (Phi) is 5.55. The van der Waals surface area contributed by atoms with Gasteiger partial charge in [-0.2, -0.15) is 0 Å². The van der Waals surface area contributed by atoms with Gasteiger partial charge in [0.05, 0.1) is 5.60 Å². The summed E-state index contributed by atoms with van der Waals surface area (Å²) < 4.78 is 6.34. The number of aryl methyl sites for hydroxylation is 1. The van der Waals surface area contributed by atoms with E-state index < -0.39 is 0 Å². The van der Waals surface area contributed by atoms with Crippen LogP contribution >= 0.6 is 0 Å². The van der Waals surface area contributed by atoms with E-state index >= 15 is 0 Å². The third-order valence-electron chi connectivity index (χ3n) is 6.41. The normalized spacial score (nSPS) is 24.3. The Hall–Kier alpha value is -1.78. The van der Waals surface area contributed by atoms with E-state index in [1.165, 1.54) is 42.5 Å². The molecule has 1 aliphatic heterocycles. The topological polar surface area (TPSA) is 47.0 Å². The standard InChI is InChI=1S/C23H31N3O/c1-19-14-20(17-25-15-19)16-24-12-9-22(21-6-2-5-11-26-21)10-13-27-23(18-22)7-3-4-8-23/h2,5-6,11,14-15,17,24H,3-4,7-10,12-13,16,18H2,1H3/t22-/m1/s1. The number of hydrogen-bond donors (Lipinski definition) is 1. The Morgan fingerprint density at radius 3 is 2.81 bits per heavy atom. The molecule has 27 heavy (non-hydrogen) atoms. The van der Waals surface area contributed by atoms with E-state index in [1.54, 1.807) is 0 Å². The second-order valence-electron chi connectivity index (χ2n) is 8.46. The van der Waals surface area contributed by atoms with Gasteiger partial charge in [0.2, 0.25) is 0 Å². The van der Waals surface area contributed by atoms with Crippen LogP contribution in [-0.4, -0.2) is 28.7 Å². The predicted molar refractivity (Wildman–Crippen MR) is 108 cm³/mol. The van der Waals surface area contributed by atoms with Gasteiger partial charge in [-0.25, -0.2) is 0 Å². The fourth-order valence-corrected chi connectivity index (χ4v) is 5.07. The predicted octanol–water partition coefficient (Wildman–Crippen LogP) is 4.33. The van der Waals surface area contributed by atoms with Crippen molar-refractivity contribution >= 4 is 0 Å². The zero-order valence-corrected chi connectivity index (χ0v) is 16.4. The smallest absolute Gasteiger partial charge is 0.0691 e. The van der Waals surface area contributed by atoms with Crippen molar-refractivity contribution in [3.8, 4) is 0 Å². The number of nitrogens with zero attached hydrogens (tertiary/aromatic N) is 2. The van der Waals surface area contributed by atoms with Crippen molar-refractivity contribution in [2.24, 2.45) is 0 Å². The van der Waals surface area contributed by atoms with Crippen LogP contribution in [0.1, 0.15) is 61.8 Å². The molecule has 2 fully saturated rings. The van der Waals surface area contributed by atoms with Crippen molar-refractivity contribution < 1.29 is 4.74 Å². The van der Waals surface area contributed by atoms with Gasteiger partial charge in [0.25, 0.3) is 0 Å². The van der Waals surface area contributed by atoms with Gasteiger partial charge in [-0.05, 0) is 68.8 Å². The van der Waals surface area contributed by atoms with Crippen molar-refractivity contribution in [1.82, 2.24) is 15.3 Å². The molecule has 1 N–H and O–H groups in total. The molecule has 144 valence electrons. The van der Waals surface area contributed by atoms with Crippen LogP contribution in [0.25, 0.3) is 0 Å². The van der Waals surface area contributed by atoms with Crippen molar-refractivity contribution in [2.45, 2.75) is 69.4 Å². The van der Waals surface area contributed by atoms with Gasteiger partial charge >= 0.3 is 0 Å². The molecule has 1 aliphatic carbocycles. The average molecular weight is 366 g/mol.